The third-order valence-corrected chi connectivity index (χ3v) is 3.26. The van der Waals surface area contributed by atoms with E-state index < -0.39 is 0 Å². The van der Waals surface area contributed by atoms with Crippen molar-refractivity contribution in [1.29, 1.82) is 0 Å². The van der Waals surface area contributed by atoms with Crippen LogP contribution in [0.15, 0.2) is 54.6 Å². The first-order chi connectivity index (χ1) is 10.7. The number of nitrogens with one attached hydrogen (secondary N) is 1. The Hall–Kier alpha value is -2.16. The molecule has 1 unspecified atom stereocenters. The lowest BCUT2D eigenvalue weighted by Gasteiger charge is -2.19. The molecule has 0 aromatic heterocycles. The van der Waals surface area contributed by atoms with E-state index in [4.69, 9.17) is 9.47 Å². The Bertz CT molecular complexity index is 537. The number of benzene rings is 2. The molecule has 1 atom stereocenters. The van der Waals surface area contributed by atoms with Gasteiger partial charge in [0, 0.05) is 5.69 Å². The molecule has 2 aromatic carbocycles. The van der Waals surface area contributed by atoms with Crippen LogP contribution in [0.1, 0.15) is 27.2 Å². The zero-order valence-corrected chi connectivity index (χ0v) is 13.6. The maximum absolute atomic E-state index is 5.97. The van der Waals surface area contributed by atoms with Crippen LogP contribution in [0.3, 0.4) is 0 Å². The fourth-order valence-corrected chi connectivity index (χ4v) is 2.12. The van der Waals surface area contributed by atoms with Gasteiger partial charge in [0.1, 0.15) is 17.6 Å². The minimum Gasteiger partial charge on any atom is -0.491 e. The van der Waals surface area contributed by atoms with E-state index in [1.807, 2.05) is 68.4 Å². The van der Waals surface area contributed by atoms with Crippen molar-refractivity contribution in [2.75, 3.05) is 11.9 Å². The molecule has 0 saturated carbocycles. The van der Waals surface area contributed by atoms with Gasteiger partial charge >= 0.3 is 0 Å². The molecule has 0 bridgehead atoms. The predicted octanol–water partition coefficient (Wildman–Crippen LogP) is 4.74. The molecule has 22 heavy (non-hydrogen) atoms. The molecule has 0 aliphatic heterocycles. The summed E-state index contributed by atoms with van der Waals surface area (Å²) in [5.74, 6) is 1.81. The van der Waals surface area contributed by atoms with Gasteiger partial charge in [-0.05, 0) is 56.7 Å². The first-order valence-electron chi connectivity index (χ1n) is 7.89. The van der Waals surface area contributed by atoms with Crippen molar-refractivity contribution in [3.8, 4) is 11.5 Å². The molecule has 0 radical (unpaired) electrons. The minimum absolute atomic E-state index is 0.147. The lowest BCUT2D eigenvalue weighted by molar-refractivity contribution is 0.210. The first-order valence-corrected chi connectivity index (χ1v) is 7.89. The smallest absolute Gasteiger partial charge is 0.119 e. The van der Waals surface area contributed by atoms with Crippen LogP contribution in [-0.2, 0) is 0 Å². The van der Waals surface area contributed by atoms with E-state index in [-0.39, 0.29) is 12.2 Å². The minimum atomic E-state index is 0.147. The third kappa shape index (κ3) is 5.32. The van der Waals surface area contributed by atoms with E-state index in [9.17, 15) is 0 Å². The van der Waals surface area contributed by atoms with Gasteiger partial charge in [-0.15, -0.1) is 0 Å². The zero-order valence-electron chi connectivity index (χ0n) is 13.6. The lowest BCUT2D eigenvalue weighted by Crippen LogP contribution is -2.25. The van der Waals surface area contributed by atoms with Crippen molar-refractivity contribution in [2.24, 2.45) is 0 Å². The van der Waals surface area contributed by atoms with E-state index in [1.165, 1.54) is 0 Å². The molecule has 0 spiro atoms. The highest BCUT2D eigenvalue weighted by Gasteiger charge is 2.08. The highest BCUT2D eigenvalue weighted by Crippen LogP contribution is 2.18. The fraction of sp³-hybridized carbons (Fsp3) is 0.368. The summed E-state index contributed by atoms with van der Waals surface area (Å²) < 4.78 is 11.6. The molecule has 1 N–H and O–H groups in total. The third-order valence-electron chi connectivity index (χ3n) is 3.26. The Balaban J connectivity index is 1.85. The van der Waals surface area contributed by atoms with Gasteiger partial charge in [-0.2, -0.15) is 0 Å². The second kappa shape index (κ2) is 8.32. The van der Waals surface area contributed by atoms with Crippen LogP contribution in [0, 0.1) is 0 Å². The van der Waals surface area contributed by atoms with Crippen LogP contribution in [-0.4, -0.2) is 18.8 Å². The van der Waals surface area contributed by atoms with Crippen molar-refractivity contribution in [3.05, 3.63) is 54.6 Å². The Morgan fingerprint density at radius 3 is 2.09 bits per heavy atom. The Morgan fingerprint density at radius 1 is 0.864 bits per heavy atom. The molecule has 3 nitrogen and oxygen atoms in total. The van der Waals surface area contributed by atoms with Gasteiger partial charge in [0.25, 0.3) is 0 Å². The number of ether oxygens (including phenoxy) is 2. The number of hydrogen-bond donors (Lipinski definition) is 1. The second-order valence-electron chi connectivity index (χ2n) is 5.53. The Labute approximate surface area is 133 Å². The van der Waals surface area contributed by atoms with Crippen LogP contribution in [0.4, 0.5) is 5.69 Å². The Morgan fingerprint density at radius 2 is 1.50 bits per heavy atom. The Kier molecular flexibility index (Phi) is 6.13. The van der Waals surface area contributed by atoms with Crippen LogP contribution < -0.4 is 14.8 Å². The molecular formula is C19H25NO2. The van der Waals surface area contributed by atoms with E-state index in [1.54, 1.807) is 0 Å². The normalized spacial score (nSPS) is 12.0. The fourth-order valence-electron chi connectivity index (χ4n) is 2.12. The van der Waals surface area contributed by atoms with Gasteiger partial charge in [0.05, 0.1) is 12.6 Å². The summed E-state index contributed by atoms with van der Waals surface area (Å²) >= 11 is 0. The summed E-state index contributed by atoms with van der Waals surface area (Å²) in [4.78, 5) is 0. The molecule has 3 heteroatoms. The van der Waals surface area contributed by atoms with Crippen molar-refractivity contribution in [3.63, 3.8) is 0 Å². The van der Waals surface area contributed by atoms with E-state index >= 15 is 0 Å². The molecule has 0 heterocycles. The number of para-hydroxylation sites is 1. The molecule has 0 saturated heterocycles. The average molecular weight is 299 g/mol. The topological polar surface area (TPSA) is 30.5 Å². The van der Waals surface area contributed by atoms with E-state index in [0.717, 1.165) is 30.2 Å². The SMILES string of the molecule is CCC(CNc1ccc(OC(C)C)cc1)Oc1ccccc1. The molecule has 0 fully saturated rings. The van der Waals surface area contributed by atoms with Crippen molar-refractivity contribution in [1.82, 2.24) is 0 Å². The van der Waals surface area contributed by atoms with Crippen molar-refractivity contribution < 1.29 is 9.47 Å². The van der Waals surface area contributed by atoms with Gasteiger partial charge in [-0.3, -0.25) is 0 Å². The van der Waals surface area contributed by atoms with E-state index in [2.05, 4.69) is 12.2 Å². The van der Waals surface area contributed by atoms with Crippen LogP contribution in [0.5, 0.6) is 11.5 Å². The molecule has 0 aliphatic rings. The van der Waals surface area contributed by atoms with E-state index in [0.29, 0.717) is 0 Å². The largest absolute Gasteiger partial charge is 0.491 e. The quantitative estimate of drug-likeness (QED) is 0.763. The standard InChI is InChI=1S/C19H25NO2/c1-4-17(22-18-8-6-5-7-9-18)14-20-16-10-12-19(13-11-16)21-15(2)3/h5-13,15,17,20H,4,14H2,1-3H3. The van der Waals surface area contributed by atoms with Crippen LogP contribution in [0.25, 0.3) is 0 Å². The highest BCUT2D eigenvalue weighted by atomic mass is 16.5. The number of anilines is 1. The van der Waals surface area contributed by atoms with Crippen molar-refractivity contribution >= 4 is 5.69 Å². The molecular weight excluding hydrogens is 274 g/mol. The summed E-state index contributed by atoms with van der Waals surface area (Å²) in [5, 5.41) is 3.42. The van der Waals surface area contributed by atoms with Gasteiger partial charge in [-0.1, -0.05) is 25.1 Å². The lowest BCUT2D eigenvalue weighted by atomic mass is 10.2. The van der Waals surface area contributed by atoms with Gasteiger partial charge < -0.3 is 14.8 Å². The summed E-state index contributed by atoms with van der Waals surface area (Å²) in [6.45, 7) is 6.96. The summed E-state index contributed by atoms with van der Waals surface area (Å²) in [6, 6.07) is 18.0. The summed E-state index contributed by atoms with van der Waals surface area (Å²) in [6.07, 6.45) is 1.30. The summed E-state index contributed by atoms with van der Waals surface area (Å²) in [5.41, 5.74) is 1.08. The van der Waals surface area contributed by atoms with Gasteiger partial charge in [-0.25, -0.2) is 0 Å². The predicted molar refractivity (Wildman–Crippen MR) is 91.8 cm³/mol. The molecule has 2 rings (SSSR count). The zero-order chi connectivity index (χ0) is 15.8. The van der Waals surface area contributed by atoms with Gasteiger partial charge in [0.2, 0.25) is 0 Å². The highest BCUT2D eigenvalue weighted by molar-refractivity contribution is 5.46. The van der Waals surface area contributed by atoms with Crippen LogP contribution >= 0.6 is 0 Å². The average Bonchev–Trinajstić information content (AvgIpc) is 2.53. The maximum Gasteiger partial charge on any atom is 0.119 e. The van der Waals surface area contributed by atoms with Crippen molar-refractivity contribution in [2.45, 2.75) is 39.4 Å². The molecule has 0 aliphatic carbocycles. The number of hydrogen-bond acceptors (Lipinski definition) is 3. The van der Waals surface area contributed by atoms with Crippen LogP contribution in [0.2, 0.25) is 0 Å². The maximum atomic E-state index is 5.97. The molecule has 118 valence electrons. The van der Waals surface area contributed by atoms with Gasteiger partial charge in [0.15, 0.2) is 0 Å². The molecule has 2 aromatic rings. The summed E-state index contributed by atoms with van der Waals surface area (Å²) in [7, 11) is 0. The second-order valence-corrected chi connectivity index (χ2v) is 5.53. The first kappa shape index (κ1) is 16.2. The monoisotopic (exact) mass is 299 g/mol. The number of rotatable bonds is 8. The molecule has 0 amide bonds.